The van der Waals surface area contributed by atoms with Crippen LogP contribution in [0.25, 0.3) is 11.0 Å². The van der Waals surface area contributed by atoms with E-state index in [1.807, 2.05) is 6.07 Å². The van der Waals surface area contributed by atoms with Crippen LogP contribution >= 0.6 is 11.6 Å². The van der Waals surface area contributed by atoms with Crippen molar-refractivity contribution in [2.45, 2.75) is 4.90 Å². The Morgan fingerprint density at radius 1 is 0.938 bits per heavy atom. The Morgan fingerprint density at radius 3 is 2.44 bits per heavy atom. The quantitative estimate of drug-likeness (QED) is 0.304. The summed E-state index contributed by atoms with van der Waals surface area (Å²) in [5, 5.41) is 1.23. The molecule has 0 spiro atoms. The minimum Gasteiger partial charge on any atom is -0.454 e. The zero-order valence-corrected chi connectivity index (χ0v) is 18.0. The van der Waals surface area contributed by atoms with Gasteiger partial charge < -0.3 is 9.15 Å². The summed E-state index contributed by atoms with van der Waals surface area (Å²) < 4.78 is 38.2. The molecule has 0 aliphatic rings. The van der Waals surface area contributed by atoms with Gasteiger partial charge in [-0.1, -0.05) is 35.9 Å². The topological polar surface area (TPSA) is 103 Å². The van der Waals surface area contributed by atoms with Gasteiger partial charge in [0.1, 0.15) is 5.58 Å². The summed E-state index contributed by atoms with van der Waals surface area (Å²) in [5.74, 6) is -1.27. The van der Waals surface area contributed by atoms with Crippen molar-refractivity contribution in [2.75, 3.05) is 11.3 Å². The lowest BCUT2D eigenvalue weighted by Gasteiger charge is -2.09. The molecule has 162 valence electrons. The third kappa shape index (κ3) is 4.82. The van der Waals surface area contributed by atoms with Gasteiger partial charge in [-0.25, -0.2) is 13.2 Å². The van der Waals surface area contributed by atoms with Gasteiger partial charge in [0.2, 0.25) is 5.78 Å². The van der Waals surface area contributed by atoms with Crippen LogP contribution in [0.3, 0.4) is 0 Å². The van der Waals surface area contributed by atoms with E-state index in [2.05, 4.69) is 4.72 Å². The van der Waals surface area contributed by atoms with Gasteiger partial charge in [0.05, 0.1) is 10.5 Å². The molecular weight excluding hydrogens is 454 g/mol. The Labute approximate surface area is 188 Å². The van der Waals surface area contributed by atoms with Crippen molar-refractivity contribution in [3.63, 3.8) is 0 Å². The first kappa shape index (κ1) is 21.6. The molecule has 0 saturated heterocycles. The Balaban J connectivity index is 1.44. The van der Waals surface area contributed by atoms with Crippen LogP contribution < -0.4 is 4.72 Å². The standard InChI is InChI=1S/C23H16ClNO6S/c24-17-8-10-18(11-9-17)25-32(28,29)19-6-3-5-16(12-19)23(27)30-14-20(26)22-13-15-4-1-2-7-21(15)31-22/h1-13,25H,14H2. The Morgan fingerprint density at radius 2 is 1.69 bits per heavy atom. The van der Waals surface area contributed by atoms with E-state index in [1.165, 1.54) is 36.4 Å². The van der Waals surface area contributed by atoms with E-state index in [9.17, 15) is 18.0 Å². The number of ketones is 1. The number of Topliss-reactive ketones (excluding diaryl/α,β-unsaturated/α-hetero) is 1. The molecule has 7 nitrogen and oxygen atoms in total. The molecule has 0 atom stereocenters. The van der Waals surface area contributed by atoms with Crippen molar-refractivity contribution in [2.24, 2.45) is 0 Å². The molecular formula is C23H16ClNO6S. The second kappa shape index (κ2) is 8.86. The van der Waals surface area contributed by atoms with Crippen molar-refractivity contribution in [3.05, 3.63) is 95.2 Å². The van der Waals surface area contributed by atoms with Crippen LogP contribution in [0.4, 0.5) is 5.69 Å². The smallest absolute Gasteiger partial charge is 0.338 e. The number of benzene rings is 3. The summed E-state index contributed by atoms with van der Waals surface area (Å²) in [6.07, 6.45) is 0. The van der Waals surface area contributed by atoms with E-state index in [4.69, 9.17) is 20.8 Å². The minimum atomic E-state index is -3.95. The summed E-state index contributed by atoms with van der Waals surface area (Å²) >= 11 is 5.81. The van der Waals surface area contributed by atoms with E-state index in [0.717, 1.165) is 5.39 Å². The minimum absolute atomic E-state index is 0.0126. The van der Waals surface area contributed by atoms with E-state index in [-0.39, 0.29) is 16.2 Å². The number of fused-ring (bicyclic) bond motifs is 1. The highest BCUT2D eigenvalue weighted by Gasteiger charge is 2.19. The number of esters is 1. The number of halogens is 1. The van der Waals surface area contributed by atoms with Crippen LogP contribution in [0.15, 0.2) is 88.2 Å². The summed E-state index contributed by atoms with van der Waals surface area (Å²) in [6.45, 7) is -0.543. The number of rotatable bonds is 7. The van der Waals surface area contributed by atoms with E-state index in [1.54, 1.807) is 36.4 Å². The lowest BCUT2D eigenvalue weighted by molar-refractivity contribution is 0.0468. The van der Waals surface area contributed by atoms with E-state index < -0.39 is 28.4 Å². The number of sulfonamides is 1. The van der Waals surface area contributed by atoms with E-state index in [0.29, 0.717) is 16.3 Å². The van der Waals surface area contributed by atoms with E-state index >= 15 is 0 Å². The highest BCUT2D eigenvalue weighted by atomic mass is 35.5. The maximum Gasteiger partial charge on any atom is 0.338 e. The Kier molecular flexibility index (Phi) is 5.98. The Bertz CT molecular complexity index is 1380. The number of para-hydroxylation sites is 1. The van der Waals surface area contributed by atoms with Crippen molar-refractivity contribution in [1.82, 2.24) is 0 Å². The van der Waals surface area contributed by atoms with Crippen LogP contribution in [-0.2, 0) is 14.8 Å². The number of hydrogen-bond acceptors (Lipinski definition) is 6. The molecule has 0 radical (unpaired) electrons. The normalized spacial score (nSPS) is 11.3. The lowest BCUT2D eigenvalue weighted by atomic mass is 10.2. The van der Waals surface area contributed by atoms with Gasteiger partial charge in [-0.2, -0.15) is 0 Å². The van der Waals surface area contributed by atoms with Crippen LogP contribution in [0.1, 0.15) is 20.9 Å². The number of carbonyl (C=O) groups excluding carboxylic acids is 2. The highest BCUT2D eigenvalue weighted by Crippen LogP contribution is 2.21. The molecule has 0 unspecified atom stereocenters. The molecule has 0 aliphatic carbocycles. The molecule has 1 heterocycles. The van der Waals surface area contributed by atoms with Crippen molar-refractivity contribution in [1.29, 1.82) is 0 Å². The van der Waals surface area contributed by atoms with Gasteiger partial charge in [0.15, 0.2) is 12.4 Å². The molecule has 3 aromatic carbocycles. The molecule has 0 fully saturated rings. The maximum atomic E-state index is 12.6. The third-order valence-electron chi connectivity index (χ3n) is 4.51. The molecule has 4 rings (SSSR count). The summed E-state index contributed by atoms with van der Waals surface area (Å²) in [6, 6.07) is 20.1. The first-order chi connectivity index (χ1) is 15.3. The zero-order valence-electron chi connectivity index (χ0n) is 16.4. The first-order valence-electron chi connectivity index (χ1n) is 9.39. The number of carbonyl (C=O) groups is 2. The predicted octanol–water partition coefficient (Wildman–Crippen LogP) is 4.93. The maximum absolute atomic E-state index is 12.6. The molecule has 32 heavy (non-hydrogen) atoms. The average Bonchev–Trinajstić information content (AvgIpc) is 3.23. The fourth-order valence-electron chi connectivity index (χ4n) is 2.93. The first-order valence-corrected chi connectivity index (χ1v) is 11.3. The SMILES string of the molecule is O=C(OCC(=O)c1cc2ccccc2o1)c1cccc(S(=O)(=O)Nc2ccc(Cl)cc2)c1. The van der Waals surface area contributed by atoms with Crippen molar-refractivity contribution < 1.29 is 27.2 Å². The zero-order chi connectivity index (χ0) is 22.7. The molecule has 0 aliphatic heterocycles. The summed E-state index contributed by atoms with van der Waals surface area (Å²) in [5.41, 5.74) is 0.855. The van der Waals surface area contributed by atoms with Gasteiger partial charge in [-0.3, -0.25) is 9.52 Å². The van der Waals surface area contributed by atoms with Crippen LogP contribution in [-0.4, -0.2) is 26.8 Å². The summed E-state index contributed by atoms with van der Waals surface area (Å²) in [4.78, 5) is 24.6. The number of anilines is 1. The fraction of sp³-hybridized carbons (Fsp3) is 0.0435. The lowest BCUT2D eigenvalue weighted by Crippen LogP contribution is -2.16. The molecule has 0 saturated carbocycles. The fourth-order valence-corrected chi connectivity index (χ4v) is 4.16. The Hall–Kier alpha value is -3.62. The number of hydrogen-bond donors (Lipinski definition) is 1. The largest absolute Gasteiger partial charge is 0.454 e. The molecule has 0 bridgehead atoms. The molecule has 9 heteroatoms. The molecule has 4 aromatic rings. The summed E-state index contributed by atoms with van der Waals surface area (Å²) in [7, 11) is -3.95. The van der Waals surface area contributed by atoms with Gasteiger partial charge in [0, 0.05) is 16.1 Å². The average molecular weight is 470 g/mol. The van der Waals surface area contributed by atoms with Crippen molar-refractivity contribution >= 4 is 50.0 Å². The second-order valence-electron chi connectivity index (χ2n) is 6.79. The van der Waals surface area contributed by atoms with Gasteiger partial charge in [-0.05, 0) is 54.6 Å². The molecule has 1 aromatic heterocycles. The van der Waals surface area contributed by atoms with Gasteiger partial charge in [-0.15, -0.1) is 0 Å². The van der Waals surface area contributed by atoms with Crippen LogP contribution in [0.2, 0.25) is 5.02 Å². The molecule has 1 N–H and O–H groups in total. The number of furan rings is 1. The monoisotopic (exact) mass is 469 g/mol. The van der Waals surface area contributed by atoms with Crippen LogP contribution in [0.5, 0.6) is 0 Å². The predicted molar refractivity (Wildman–Crippen MR) is 120 cm³/mol. The number of ether oxygens (including phenoxy) is 1. The molecule has 0 amide bonds. The third-order valence-corrected chi connectivity index (χ3v) is 6.14. The second-order valence-corrected chi connectivity index (χ2v) is 8.91. The van der Waals surface area contributed by atoms with Gasteiger partial charge >= 0.3 is 5.97 Å². The highest BCUT2D eigenvalue weighted by molar-refractivity contribution is 7.92. The number of nitrogens with one attached hydrogen (secondary N) is 1. The van der Waals surface area contributed by atoms with Crippen molar-refractivity contribution in [3.8, 4) is 0 Å². The van der Waals surface area contributed by atoms with Gasteiger partial charge in [0.25, 0.3) is 10.0 Å². The van der Waals surface area contributed by atoms with Crippen LogP contribution in [0, 0.1) is 0 Å².